The van der Waals surface area contributed by atoms with E-state index in [1.807, 2.05) is 0 Å². The van der Waals surface area contributed by atoms with Gasteiger partial charge in [-0.3, -0.25) is 0 Å². The third kappa shape index (κ3) is 2.03. The van der Waals surface area contributed by atoms with Crippen molar-refractivity contribution >= 4 is 11.3 Å². The highest BCUT2D eigenvalue weighted by molar-refractivity contribution is 7.09. The largest absolute Gasteiger partial charge is 0.233 e. The van der Waals surface area contributed by atoms with Crippen LogP contribution in [0, 0.1) is 19.4 Å². The molecule has 2 heteroatoms. The van der Waals surface area contributed by atoms with Crippen molar-refractivity contribution in [2.75, 3.05) is 0 Å². The Kier molecular flexibility index (Phi) is 3.10. The zero-order valence-corrected chi connectivity index (χ0v) is 11.0. The van der Waals surface area contributed by atoms with Crippen LogP contribution < -0.4 is 0 Å². The Morgan fingerprint density at radius 2 is 2.00 bits per heavy atom. The zero-order valence-electron chi connectivity index (χ0n) is 10.2. The van der Waals surface area contributed by atoms with Crippen molar-refractivity contribution in [2.24, 2.45) is 0 Å². The standard InChI is InChI=1S/C14H16NS/c1-9(2)13-6-5-12(7-10(13)3)14-11(4)16-8-15-14/h5-7,9H,1-4H3. The van der Waals surface area contributed by atoms with Crippen molar-refractivity contribution in [3.63, 3.8) is 0 Å². The van der Waals surface area contributed by atoms with Gasteiger partial charge in [-0.05, 0) is 37.0 Å². The van der Waals surface area contributed by atoms with Gasteiger partial charge in [-0.2, -0.15) is 0 Å². The molecule has 0 spiro atoms. The lowest BCUT2D eigenvalue weighted by atomic mass is 9.95. The average molecular weight is 230 g/mol. The minimum atomic E-state index is 0.581. The molecule has 0 fully saturated rings. The van der Waals surface area contributed by atoms with E-state index in [-0.39, 0.29) is 0 Å². The van der Waals surface area contributed by atoms with Crippen LogP contribution in [0.2, 0.25) is 0 Å². The Labute approximate surface area is 101 Å². The zero-order chi connectivity index (χ0) is 11.7. The summed E-state index contributed by atoms with van der Waals surface area (Å²) in [5.74, 6) is 0.581. The number of hydrogen-bond donors (Lipinski definition) is 0. The van der Waals surface area contributed by atoms with Gasteiger partial charge in [0.25, 0.3) is 0 Å². The molecule has 1 heterocycles. The van der Waals surface area contributed by atoms with E-state index in [1.54, 1.807) is 11.3 Å². The predicted octanol–water partition coefficient (Wildman–Crippen LogP) is 4.35. The summed E-state index contributed by atoms with van der Waals surface area (Å²) in [4.78, 5) is 5.53. The number of aryl methyl sites for hydroxylation is 2. The number of hydrogen-bond acceptors (Lipinski definition) is 2. The lowest BCUT2D eigenvalue weighted by Gasteiger charge is -2.10. The van der Waals surface area contributed by atoms with Crippen LogP contribution in [0.3, 0.4) is 0 Å². The molecule has 83 valence electrons. The molecule has 1 aromatic heterocycles. The minimum absolute atomic E-state index is 0.581. The summed E-state index contributed by atoms with van der Waals surface area (Å²) in [7, 11) is 0. The van der Waals surface area contributed by atoms with Gasteiger partial charge in [0.15, 0.2) is 5.51 Å². The molecule has 0 aliphatic heterocycles. The number of rotatable bonds is 2. The summed E-state index contributed by atoms with van der Waals surface area (Å²) in [5.41, 5.74) is 7.99. The van der Waals surface area contributed by atoms with Crippen LogP contribution >= 0.6 is 11.3 Å². The van der Waals surface area contributed by atoms with Gasteiger partial charge >= 0.3 is 0 Å². The molecule has 0 atom stereocenters. The second-order valence-corrected chi connectivity index (χ2v) is 5.44. The molecule has 2 rings (SSSR count). The summed E-state index contributed by atoms with van der Waals surface area (Å²) in [6, 6.07) is 6.61. The van der Waals surface area contributed by atoms with E-state index in [2.05, 4.69) is 56.4 Å². The summed E-state index contributed by atoms with van der Waals surface area (Å²) in [6.45, 7) is 8.72. The van der Waals surface area contributed by atoms with Crippen LogP contribution in [0.15, 0.2) is 18.2 Å². The van der Waals surface area contributed by atoms with Crippen LogP contribution in [0.1, 0.15) is 35.8 Å². The fourth-order valence-electron chi connectivity index (χ4n) is 2.00. The molecule has 1 radical (unpaired) electrons. The van der Waals surface area contributed by atoms with Gasteiger partial charge in [-0.1, -0.05) is 26.0 Å². The minimum Gasteiger partial charge on any atom is -0.233 e. The van der Waals surface area contributed by atoms with Crippen LogP contribution in [-0.4, -0.2) is 4.98 Å². The third-order valence-electron chi connectivity index (χ3n) is 2.85. The molecule has 0 aliphatic carbocycles. The van der Waals surface area contributed by atoms with Crippen molar-refractivity contribution in [2.45, 2.75) is 33.6 Å². The molecule has 0 bridgehead atoms. The van der Waals surface area contributed by atoms with Crippen molar-refractivity contribution < 1.29 is 0 Å². The highest BCUT2D eigenvalue weighted by Crippen LogP contribution is 2.28. The summed E-state index contributed by atoms with van der Waals surface area (Å²) in [5, 5.41) is 0. The summed E-state index contributed by atoms with van der Waals surface area (Å²) < 4.78 is 0. The lowest BCUT2D eigenvalue weighted by Crippen LogP contribution is -1.92. The molecule has 0 saturated heterocycles. The monoisotopic (exact) mass is 230 g/mol. The highest BCUT2D eigenvalue weighted by Gasteiger charge is 2.08. The molecule has 1 aromatic carbocycles. The predicted molar refractivity (Wildman–Crippen MR) is 69.9 cm³/mol. The molecular weight excluding hydrogens is 214 g/mol. The first-order valence-corrected chi connectivity index (χ1v) is 6.35. The molecule has 0 saturated carbocycles. The van der Waals surface area contributed by atoms with E-state index in [4.69, 9.17) is 0 Å². The van der Waals surface area contributed by atoms with E-state index in [0.29, 0.717) is 5.92 Å². The quantitative estimate of drug-likeness (QED) is 0.747. The smallest absolute Gasteiger partial charge is 0.153 e. The topological polar surface area (TPSA) is 12.9 Å². The number of aromatic nitrogens is 1. The first kappa shape index (κ1) is 11.3. The van der Waals surface area contributed by atoms with Gasteiger partial charge in [0.2, 0.25) is 0 Å². The fourth-order valence-corrected chi connectivity index (χ4v) is 2.54. The first-order chi connectivity index (χ1) is 7.59. The summed E-state index contributed by atoms with van der Waals surface area (Å²) in [6.07, 6.45) is 0. The van der Waals surface area contributed by atoms with Crippen LogP contribution in [-0.2, 0) is 0 Å². The van der Waals surface area contributed by atoms with Gasteiger partial charge in [0, 0.05) is 10.4 Å². The Morgan fingerprint density at radius 1 is 1.25 bits per heavy atom. The van der Waals surface area contributed by atoms with E-state index >= 15 is 0 Å². The van der Waals surface area contributed by atoms with Gasteiger partial charge in [0.05, 0.1) is 5.69 Å². The highest BCUT2D eigenvalue weighted by atomic mass is 32.1. The Bertz CT molecular complexity index is 497. The fraction of sp³-hybridized carbons (Fsp3) is 0.357. The molecule has 0 unspecified atom stereocenters. The Hall–Kier alpha value is -1.15. The normalized spacial score (nSPS) is 11.1. The second-order valence-electron chi connectivity index (χ2n) is 4.44. The number of thiazole rings is 1. The molecule has 0 aliphatic rings. The van der Waals surface area contributed by atoms with Crippen molar-refractivity contribution in [3.8, 4) is 11.3 Å². The Morgan fingerprint density at radius 3 is 2.50 bits per heavy atom. The molecule has 0 N–H and O–H groups in total. The second kappa shape index (κ2) is 4.38. The first-order valence-electron chi connectivity index (χ1n) is 5.54. The maximum Gasteiger partial charge on any atom is 0.153 e. The molecular formula is C14H16NS. The van der Waals surface area contributed by atoms with Crippen LogP contribution in [0.25, 0.3) is 11.3 Å². The Balaban J connectivity index is 2.46. The van der Waals surface area contributed by atoms with Gasteiger partial charge in [-0.25, -0.2) is 4.98 Å². The molecule has 2 aromatic rings. The molecule has 16 heavy (non-hydrogen) atoms. The molecule has 1 nitrogen and oxygen atoms in total. The van der Waals surface area contributed by atoms with E-state index in [1.165, 1.54) is 21.6 Å². The van der Waals surface area contributed by atoms with Crippen LogP contribution in [0.5, 0.6) is 0 Å². The SMILES string of the molecule is Cc1cc(-c2n[c]sc2C)ccc1C(C)C. The van der Waals surface area contributed by atoms with Crippen molar-refractivity contribution in [1.29, 1.82) is 0 Å². The maximum absolute atomic E-state index is 4.30. The van der Waals surface area contributed by atoms with Gasteiger partial charge < -0.3 is 0 Å². The number of nitrogens with zero attached hydrogens (tertiary/aromatic N) is 1. The average Bonchev–Trinajstić information content (AvgIpc) is 2.63. The third-order valence-corrected chi connectivity index (χ3v) is 3.54. The van der Waals surface area contributed by atoms with Gasteiger partial charge in [-0.15, -0.1) is 11.3 Å². The summed E-state index contributed by atoms with van der Waals surface area (Å²) >= 11 is 1.58. The van der Waals surface area contributed by atoms with E-state index < -0.39 is 0 Å². The molecule has 0 amide bonds. The lowest BCUT2D eigenvalue weighted by molar-refractivity contribution is 0.857. The van der Waals surface area contributed by atoms with E-state index in [9.17, 15) is 0 Å². The number of benzene rings is 1. The van der Waals surface area contributed by atoms with Gasteiger partial charge in [0.1, 0.15) is 0 Å². The van der Waals surface area contributed by atoms with Crippen molar-refractivity contribution in [1.82, 2.24) is 4.98 Å². The van der Waals surface area contributed by atoms with E-state index in [0.717, 1.165) is 5.69 Å². The van der Waals surface area contributed by atoms with Crippen LogP contribution in [0.4, 0.5) is 0 Å². The maximum atomic E-state index is 4.30. The van der Waals surface area contributed by atoms with Crippen molar-refractivity contribution in [3.05, 3.63) is 39.7 Å².